The van der Waals surface area contributed by atoms with E-state index in [1.165, 1.54) is 4.90 Å². The Morgan fingerprint density at radius 3 is 2.16 bits per heavy atom. The van der Waals surface area contributed by atoms with Crippen molar-refractivity contribution in [1.29, 1.82) is 0 Å². The lowest BCUT2D eigenvalue weighted by Gasteiger charge is -2.35. The van der Waals surface area contributed by atoms with Gasteiger partial charge in [0, 0.05) is 0 Å². The first kappa shape index (κ1) is 17.4. The molecule has 0 aromatic heterocycles. The van der Waals surface area contributed by atoms with Crippen LogP contribution >= 0.6 is 0 Å². The van der Waals surface area contributed by atoms with Crippen LogP contribution in [0.25, 0.3) is 0 Å². The Bertz CT molecular complexity index is 700. The summed E-state index contributed by atoms with van der Waals surface area (Å²) in [6.07, 6.45) is 0. The van der Waals surface area contributed by atoms with Crippen LogP contribution in [-0.4, -0.2) is 66.3 Å². The van der Waals surface area contributed by atoms with Gasteiger partial charge in [0.1, 0.15) is 6.04 Å². The van der Waals surface area contributed by atoms with Gasteiger partial charge in [0.2, 0.25) is 5.91 Å². The third-order valence-electron chi connectivity index (χ3n) is 4.90. The van der Waals surface area contributed by atoms with Crippen LogP contribution in [0, 0.1) is 0 Å². The van der Waals surface area contributed by atoms with Gasteiger partial charge in [-0.05, 0) is 31.6 Å². The lowest BCUT2D eigenvalue weighted by molar-refractivity contribution is -0.899. The highest BCUT2D eigenvalue weighted by Crippen LogP contribution is 2.25. The average Bonchev–Trinajstić information content (AvgIpc) is 2.85. The summed E-state index contributed by atoms with van der Waals surface area (Å²) in [5.74, 6) is -0.926. The van der Waals surface area contributed by atoms with Crippen molar-refractivity contribution in [2.24, 2.45) is 0 Å². The van der Waals surface area contributed by atoms with E-state index in [0.29, 0.717) is 24.2 Å². The molecule has 1 aromatic carbocycles. The van der Waals surface area contributed by atoms with Crippen LogP contribution in [-0.2, 0) is 4.79 Å². The smallest absolute Gasteiger partial charge is 0.262 e. The first-order chi connectivity index (χ1) is 11.9. The second-order valence-electron chi connectivity index (χ2n) is 6.91. The molecule has 2 aliphatic rings. The van der Waals surface area contributed by atoms with Gasteiger partial charge in [0.15, 0.2) is 0 Å². The molecule has 1 N–H and O–H groups in total. The zero-order valence-corrected chi connectivity index (χ0v) is 14.7. The number of imide groups is 1. The van der Waals surface area contributed by atoms with Gasteiger partial charge in [-0.3, -0.25) is 19.3 Å². The van der Waals surface area contributed by atoms with Crippen LogP contribution in [0.2, 0.25) is 0 Å². The molecule has 25 heavy (non-hydrogen) atoms. The van der Waals surface area contributed by atoms with E-state index in [1.54, 1.807) is 36.1 Å². The minimum Gasteiger partial charge on any atom is -0.330 e. The normalized spacial score (nSPS) is 19.1. The number of rotatable bonds is 4. The van der Waals surface area contributed by atoms with E-state index < -0.39 is 6.04 Å². The third kappa shape index (κ3) is 3.22. The van der Waals surface area contributed by atoms with E-state index in [2.05, 4.69) is 6.58 Å². The van der Waals surface area contributed by atoms with Crippen molar-refractivity contribution < 1.29 is 19.3 Å². The molecule has 2 aliphatic heterocycles. The monoisotopic (exact) mass is 342 g/mol. The fourth-order valence-corrected chi connectivity index (χ4v) is 3.58. The maximum absolute atomic E-state index is 12.8. The fourth-order valence-electron chi connectivity index (χ4n) is 3.58. The van der Waals surface area contributed by atoms with Crippen LogP contribution in [0.5, 0.6) is 0 Å². The van der Waals surface area contributed by atoms with Crippen LogP contribution in [0.15, 0.2) is 36.4 Å². The predicted octanol–water partition coefficient (Wildman–Crippen LogP) is -0.0257. The molecule has 0 bridgehead atoms. The van der Waals surface area contributed by atoms with Crippen molar-refractivity contribution in [2.45, 2.75) is 19.9 Å². The molecule has 1 atom stereocenters. The molecule has 0 saturated carbocycles. The molecule has 132 valence electrons. The van der Waals surface area contributed by atoms with Crippen LogP contribution in [0.1, 0.15) is 34.6 Å². The number of nitrogens with zero attached hydrogens (tertiary/aromatic N) is 2. The molecule has 6 heteroatoms. The van der Waals surface area contributed by atoms with Gasteiger partial charge in [0.05, 0.1) is 43.9 Å². The summed E-state index contributed by atoms with van der Waals surface area (Å²) in [4.78, 5) is 42.1. The fraction of sp³-hybridized carbons (Fsp3) is 0.421. The van der Waals surface area contributed by atoms with E-state index in [0.717, 1.165) is 30.1 Å². The van der Waals surface area contributed by atoms with Crippen molar-refractivity contribution >= 4 is 17.7 Å². The highest BCUT2D eigenvalue weighted by Gasteiger charge is 2.42. The zero-order valence-electron chi connectivity index (χ0n) is 14.7. The van der Waals surface area contributed by atoms with Crippen LogP contribution < -0.4 is 4.90 Å². The molecule has 3 amide bonds. The highest BCUT2D eigenvalue weighted by molar-refractivity contribution is 6.22. The lowest BCUT2D eigenvalue weighted by Crippen LogP contribution is -3.15. The summed E-state index contributed by atoms with van der Waals surface area (Å²) in [7, 11) is 0. The first-order valence-corrected chi connectivity index (χ1v) is 8.63. The maximum Gasteiger partial charge on any atom is 0.262 e. The van der Waals surface area contributed by atoms with E-state index in [-0.39, 0.29) is 17.7 Å². The number of hydrogen-bond acceptors (Lipinski definition) is 3. The second kappa shape index (κ2) is 6.80. The Morgan fingerprint density at radius 1 is 1.16 bits per heavy atom. The third-order valence-corrected chi connectivity index (χ3v) is 4.90. The molecule has 1 aromatic rings. The van der Waals surface area contributed by atoms with E-state index in [4.69, 9.17) is 0 Å². The Kier molecular flexibility index (Phi) is 4.72. The number of fused-ring (bicyclic) bond motifs is 1. The maximum atomic E-state index is 12.8. The van der Waals surface area contributed by atoms with Crippen molar-refractivity contribution in [2.75, 3.05) is 32.7 Å². The van der Waals surface area contributed by atoms with Gasteiger partial charge in [0.25, 0.3) is 11.8 Å². The average molecular weight is 342 g/mol. The molecule has 0 unspecified atom stereocenters. The largest absolute Gasteiger partial charge is 0.330 e. The minimum atomic E-state index is -0.782. The van der Waals surface area contributed by atoms with Crippen molar-refractivity contribution in [3.05, 3.63) is 47.5 Å². The summed E-state index contributed by atoms with van der Waals surface area (Å²) in [6.45, 7) is 11.5. The number of amides is 3. The van der Waals surface area contributed by atoms with Crippen molar-refractivity contribution in [1.82, 2.24) is 9.80 Å². The molecule has 2 heterocycles. The Morgan fingerprint density at radius 2 is 1.68 bits per heavy atom. The van der Waals surface area contributed by atoms with Gasteiger partial charge < -0.3 is 9.80 Å². The summed E-state index contributed by atoms with van der Waals surface area (Å²) in [5, 5.41) is 0. The van der Waals surface area contributed by atoms with Gasteiger partial charge >= 0.3 is 0 Å². The number of carbonyl (C=O) groups is 3. The number of piperazine rings is 1. The molecule has 0 spiro atoms. The molecular weight excluding hydrogens is 318 g/mol. The molecular formula is C19H24N3O3+. The summed E-state index contributed by atoms with van der Waals surface area (Å²) in [5.41, 5.74) is 1.89. The first-order valence-electron chi connectivity index (χ1n) is 8.63. The van der Waals surface area contributed by atoms with Crippen LogP contribution in [0.3, 0.4) is 0 Å². The number of quaternary nitrogens is 1. The Labute approximate surface area is 147 Å². The topological polar surface area (TPSA) is 62.1 Å². The molecule has 0 radical (unpaired) electrons. The SMILES string of the molecule is C=C(C)C[NH+]1CCN(C(=O)[C@H](C)N2C(=O)c3ccccc3C2=O)CC1. The van der Waals surface area contributed by atoms with E-state index >= 15 is 0 Å². The van der Waals surface area contributed by atoms with Gasteiger partial charge in [-0.25, -0.2) is 0 Å². The Balaban J connectivity index is 1.67. The van der Waals surface area contributed by atoms with Crippen molar-refractivity contribution in [3.63, 3.8) is 0 Å². The van der Waals surface area contributed by atoms with E-state index in [9.17, 15) is 14.4 Å². The molecule has 0 aliphatic carbocycles. The molecule has 3 rings (SSSR count). The van der Waals surface area contributed by atoms with E-state index in [1.807, 2.05) is 6.92 Å². The van der Waals surface area contributed by atoms with Crippen molar-refractivity contribution in [3.8, 4) is 0 Å². The van der Waals surface area contributed by atoms with Crippen LogP contribution in [0.4, 0.5) is 0 Å². The quantitative estimate of drug-likeness (QED) is 0.618. The number of benzene rings is 1. The zero-order chi connectivity index (χ0) is 18.1. The summed E-state index contributed by atoms with van der Waals surface area (Å²) in [6, 6.07) is 5.93. The molecule has 1 fully saturated rings. The van der Waals surface area contributed by atoms with Gasteiger partial charge in [-0.2, -0.15) is 0 Å². The standard InChI is InChI=1S/C19H23N3O3/c1-13(2)12-20-8-10-21(11-9-20)17(23)14(3)22-18(24)15-6-4-5-7-16(15)19(22)25/h4-7,14H,1,8-12H2,2-3H3/p+1/t14-/m0/s1. The Hall–Kier alpha value is -2.47. The second-order valence-corrected chi connectivity index (χ2v) is 6.91. The molecule has 6 nitrogen and oxygen atoms in total. The van der Waals surface area contributed by atoms with Gasteiger partial charge in [-0.15, -0.1) is 0 Å². The number of carbonyl (C=O) groups excluding carboxylic acids is 3. The summed E-state index contributed by atoms with van der Waals surface area (Å²) < 4.78 is 0. The lowest BCUT2D eigenvalue weighted by atomic mass is 10.1. The highest BCUT2D eigenvalue weighted by atomic mass is 16.2. The molecule has 1 saturated heterocycles. The summed E-state index contributed by atoms with van der Waals surface area (Å²) >= 11 is 0. The minimum absolute atomic E-state index is 0.163. The predicted molar refractivity (Wildman–Crippen MR) is 93.4 cm³/mol. The van der Waals surface area contributed by atoms with Gasteiger partial charge in [-0.1, -0.05) is 18.7 Å². The number of hydrogen-bond donors (Lipinski definition) is 1. The number of nitrogens with one attached hydrogen (secondary N) is 1.